The van der Waals surface area contributed by atoms with Crippen molar-refractivity contribution in [3.8, 4) is 17.2 Å². The molecule has 3 saturated heterocycles. The van der Waals surface area contributed by atoms with Gasteiger partial charge in [-0.1, -0.05) is 0 Å². The number of hydrogen-bond donors (Lipinski definition) is 4. The second-order valence-corrected chi connectivity index (χ2v) is 22.1. The SMILES string of the molecule is CN[C@H](C)C(=O)N[C@@H](C(=O)N1CCC[C@@H]1C1=NC(C(=O)c2ccc(F)cc2)CS1)C1CCN(C(=O)CCOCCOCCC(=O)NCCn2nc(C#N)c3c2CN(C)C(=O)c2ccc(F)cc2[C@H]2CCCN2c2cc-3cnc2N)CC1. The van der Waals surface area contributed by atoms with Gasteiger partial charge in [0, 0.05) is 80.4 Å². The summed E-state index contributed by atoms with van der Waals surface area (Å²) >= 11 is 1.45. The van der Waals surface area contributed by atoms with E-state index in [0.29, 0.717) is 102 Å². The van der Waals surface area contributed by atoms with Crippen LogP contribution in [0.3, 0.4) is 0 Å². The molecule has 1 unspecified atom stereocenters. The third-order valence-corrected chi connectivity index (χ3v) is 17.0. The van der Waals surface area contributed by atoms with Crippen molar-refractivity contribution in [2.75, 3.05) is 89.6 Å². The number of hydrogen-bond acceptors (Lipinski definition) is 16. The van der Waals surface area contributed by atoms with Crippen molar-refractivity contribution < 1.29 is 47.0 Å². The lowest BCUT2D eigenvalue weighted by Crippen LogP contribution is -2.58. The lowest BCUT2D eigenvalue weighted by molar-refractivity contribution is -0.140. The predicted octanol–water partition coefficient (Wildman–Crippen LogP) is 4.25. The first-order valence-corrected chi connectivity index (χ1v) is 28.7. The van der Waals surface area contributed by atoms with E-state index in [0.717, 1.165) is 12.8 Å². The molecule has 7 heterocycles. The standard InChI is InChI=1S/C57H69F2N13O8S/c1-34(62-2)54(76)66-51(57(78)71-20-5-7-45(71)55-65-43(33-81-55)52(75)36-8-10-38(58)11-9-36)35-14-21-69(22-15-35)49(74)17-25-80-27-26-79-24-16-48(73)63-18-23-72-47-32-68(3)56(77)40-13-12-39(59)29-41(40)44-6-4-19-70(44)46-28-37(31-64-53(46)61)50(47)42(30-60)67-72/h8-13,28-29,31,34-35,43-45,51,62H,4-7,14-27,32-33H2,1-3H3,(H2,61,64)(H,63,73)(H,66,76)/t34-,43?,44-,45-,51-/m1/s1. The second kappa shape index (κ2) is 26.5. The van der Waals surface area contributed by atoms with E-state index in [1.807, 2.05) is 11.0 Å². The van der Waals surface area contributed by atoms with Gasteiger partial charge in [-0.3, -0.25) is 38.4 Å². The van der Waals surface area contributed by atoms with Crippen molar-refractivity contribution in [3.05, 3.63) is 94.4 Å². The smallest absolute Gasteiger partial charge is 0.254 e. The van der Waals surface area contributed by atoms with Gasteiger partial charge in [0.25, 0.3) is 5.91 Å². The molecule has 430 valence electrons. The van der Waals surface area contributed by atoms with Crippen LogP contribution in [-0.2, 0) is 41.7 Å². The molecule has 0 aliphatic carbocycles. The summed E-state index contributed by atoms with van der Waals surface area (Å²) < 4.78 is 41.3. The Balaban J connectivity index is 0.711. The number of fused-ring (bicyclic) bond motifs is 8. The number of halogens is 2. The number of carbonyl (C=O) groups is 6. The Labute approximate surface area is 473 Å². The number of Topliss-reactive ketones (excluding diaryl/α,β-unsaturated/α-hetero) is 1. The van der Waals surface area contributed by atoms with Crippen LogP contribution < -0.4 is 26.6 Å². The number of carbonyl (C=O) groups excluding carboxylic acids is 6. The van der Waals surface area contributed by atoms with E-state index in [-0.39, 0.29) is 124 Å². The van der Waals surface area contributed by atoms with Crippen molar-refractivity contribution in [1.29, 1.82) is 5.26 Å². The first kappa shape index (κ1) is 58.3. The molecule has 2 aromatic carbocycles. The van der Waals surface area contributed by atoms with Gasteiger partial charge in [-0.05, 0) is 113 Å². The number of amides is 5. The van der Waals surface area contributed by atoms with Gasteiger partial charge in [0.05, 0.1) is 80.5 Å². The molecule has 0 spiro atoms. The highest BCUT2D eigenvalue weighted by Crippen LogP contribution is 2.43. The van der Waals surface area contributed by atoms with Gasteiger partial charge in [0.2, 0.25) is 23.6 Å². The molecular formula is C57H69F2N13O8S. The van der Waals surface area contributed by atoms with Gasteiger partial charge in [-0.25, -0.2) is 13.8 Å². The molecule has 3 fully saturated rings. The molecule has 5 aliphatic rings. The zero-order valence-electron chi connectivity index (χ0n) is 45.8. The molecule has 24 heteroatoms. The Morgan fingerprint density at radius 1 is 0.914 bits per heavy atom. The molecule has 9 rings (SSSR count). The van der Waals surface area contributed by atoms with Gasteiger partial charge in [-0.2, -0.15) is 10.4 Å². The average molecular weight is 1130 g/mol. The molecule has 2 aromatic heterocycles. The molecule has 5 aliphatic heterocycles. The van der Waals surface area contributed by atoms with E-state index in [1.165, 1.54) is 59.1 Å². The zero-order valence-corrected chi connectivity index (χ0v) is 46.7. The number of anilines is 2. The number of nitrogens with two attached hydrogens (primary N) is 1. The highest BCUT2D eigenvalue weighted by atomic mass is 32.2. The van der Waals surface area contributed by atoms with E-state index in [2.05, 4.69) is 32.1 Å². The van der Waals surface area contributed by atoms with Crippen molar-refractivity contribution >= 4 is 63.6 Å². The van der Waals surface area contributed by atoms with Gasteiger partial charge in [0.15, 0.2) is 11.5 Å². The number of ether oxygens (including phenoxy) is 2. The minimum atomic E-state index is -0.825. The van der Waals surface area contributed by atoms with Gasteiger partial charge < -0.3 is 50.8 Å². The number of ketones is 1. The van der Waals surface area contributed by atoms with Crippen molar-refractivity contribution in [2.45, 2.75) is 102 Å². The molecule has 5 atom stereocenters. The maximum atomic E-state index is 14.8. The molecule has 5 amide bonds. The number of nitrogen functional groups attached to an aromatic ring is 1. The van der Waals surface area contributed by atoms with E-state index in [4.69, 9.17) is 20.2 Å². The van der Waals surface area contributed by atoms with Crippen LogP contribution in [0.25, 0.3) is 11.1 Å². The maximum absolute atomic E-state index is 14.8. The minimum Gasteiger partial charge on any atom is -0.382 e. The van der Waals surface area contributed by atoms with E-state index < -0.39 is 29.8 Å². The number of benzene rings is 2. The summed E-state index contributed by atoms with van der Waals surface area (Å²) in [5.41, 5.74) is 10.1. The Hall–Kier alpha value is -7.33. The van der Waals surface area contributed by atoms with E-state index in [1.54, 1.807) is 41.7 Å². The molecule has 21 nitrogen and oxygen atoms in total. The first-order chi connectivity index (χ1) is 39.1. The van der Waals surface area contributed by atoms with Crippen LogP contribution in [0.1, 0.15) is 102 Å². The highest BCUT2D eigenvalue weighted by Gasteiger charge is 2.43. The summed E-state index contributed by atoms with van der Waals surface area (Å²) in [6, 6.07) is 11.0. The Kier molecular flexibility index (Phi) is 19.1. The first-order valence-electron chi connectivity index (χ1n) is 27.7. The number of nitrogens with zero attached hydrogens (tertiary/aromatic N) is 9. The monoisotopic (exact) mass is 1130 g/mol. The van der Waals surface area contributed by atoms with Crippen LogP contribution in [0.5, 0.6) is 0 Å². The molecule has 4 aromatic rings. The normalized spacial score (nSPS) is 19.8. The number of piperidine rings is 1. The lowest BCUT2D eigenvalue weighted by Gasteiger charge is -2.38. The van der Waals surface area contributed by atoms with Crippen molar-refractivity contribution in [2.24, 2.45) is 10.9 Å². The maximum Gasteiger partial charge on any atom is 0.254 e. The summed E-state index contributed by atoms with van der Waals surface area (Å²) in [7, 11) is 3.32. The van der Waals surface area contributed by atoms with Gasteiger partial charge in [-0.15, -0.1) is 11.8 Å². The van der Waals surface area contributed by atoms with Crippen LogP contribution in [0.4, 0.5) is 20.3 Å². The predicted molar refractivity (Wildman–Crippen MR) is 299 cm³/mol. The molecule has 0 radical (unpaired) electrons. The molecule has 2 bridgehead atoms. The number of aromatic nitrogens is 3. The number of nitriles is 1. The van der Waals surface area contributed by atoms with Crippen molar-refractivity contribution in [1.82, 2.24) is 45.4 Å². The Bertz CT molecular complexity index is 3070. The van der Waals surface area contributed by atoms with Crippen LogP contribution in [0.15, 0.2) is 59.7 Å². The zero-order chi connectivity index (χ0) is 57.3. The summed E-state index contributed by atoms with van der Waals surface area (Å²) in [5.74, 6) is -1.84. The molecule has 5 N–H and O–H groups in total. The summed E-state index contributed by atoms with van der Waals surface area (Å²) in [4.78, 5) is 97.7. The van der Waals surface area contributed by atoms with Crippen LogP contribution in [-0.4, -0.2) is 173 Å². The van der Waals surface area contributed by atoms with Gasteiger partial charge >= 0.3 is 0 Å². The minimum absolute atomic E-state index is 0.0440. The van der Waals surface area contributed by atoms with Gasteiger partial charge in [0.1, 0.15) is 35.6 Å². The summed E-state index contributed by atoms with van der Waals surface area (Å²) in [5, 5.41) is 24.5. The third-order valence-electron chi connectivity index (χ3n) is 15.9. The molecular weight excluding hydrogens is 1060 g/mol. The number of likely N-dealkylation sites (N-methyl/N-ethyl adjacent to an activating group) is 1. The van der Waals surface area contributed by atoms with Crippen LogP contribution in [0.2, 0.25) is 0 Å². The highest BCUT2D eigenvalue weighted by molar-refractivity contribution is 8.14. The number of pyridine rings is 1. The fraction of sp³-hybridized carbons (Fsp3) is 0.509. The number of aliphatic imine (C=N–C) groups is 1. The third kappa shape index (κ3) is 13.4. The topological polar surface area (TPSA) is 263 Å². The summed E-state index contributed by atoms with van der Waals surface area (Å²) in [6.45, 7) is 4.66. The number of thioether (sulfide) groups is 1. The average Bonchev–Trinajstić information content (AvgIpc) is 4.43. The Morgan fingerprint density at radius 2 is 1.63 bits per heavy atom. The fourth-order valence-corrected chi connectivity index (χ4v) is 12.6. The van der Waals surface area contributed by atoms with Crippen molar-refractivity contribution in [3.63, 3.8) is 0 Å². The molecule has 81 heavy (non-hydrogen) atoms. The largest absolute Gasteiger partial charge is 0.382 e. The Morgan fingerprint density at radius 3 is 2.37 bits per heavy atom. The summed E-state index contributed by atoms with van der Waals surface area (Å²) in [6.07, 6.45) is 5.65. The van der Waals surface area contributed by atoms with E-state index >= 15 is 0 Å². The van der Waals surface area contributed by atoms with Crippen LogP contribution >= 0.6 is 11.8 Å². The second-order valence-electron chi connectivity index (χ2n) is 21.0. The number of nitrogens with one attached hydrogen (secondary N) is 3. The lowest BCUT2D eigenvalue weighted by atomic mass is 9.88. The number of likely N-dealkylation sites (tertiary alicyclic amines) is 2. The fourth-order valence-electron chi connectivity index (χ4n) is 11.4. The molecule has 0 saturated carbocycles. The quantitative estimate of drug-likeness (QED) is 0.0712. The number of rotatable bonds is 20. The van der Waals surface area contributed by atoms with E-state index in [9.17, 15) is 42.8 Å². The van der Waals surface area contributed by atoms with Crippen LogP contribution in [0, 0.1) is 28.9 Å².